The van der Waals surface area contributed by atoms with E-state index in [4.69, 9.17) is 16.3 Å². The Morgan fingerprint density at radius 3 is 2.89 bits per heavy atom. The van der Waals surface area contributed by atoms with E-state index in [1.807, 2.05) is 30.3 Å². The second-order valence-corrected chi connectivity index (χ2v) is 5.99. The fourth-order valence-corrected chi connectivity index (χ4v) is 2.51. The van der Waals surface area contributed by atoms with E-state index < -0.39 is 5.91 Å². The molecule has 0 bridgehead atoms. The minimum Gasteiger partial charge on any atom is -0.503 e. The molecule has 3 aromatic rings. The van der Waals surface area contributed by atoms with Gasteiger partial charge in [-0.05, 0) is 29.8 Å². The maximum Gasteiger partial charge on any atom is 0.263 e. The van der Waals surface area contributed by atoms with Crippen LogP contribution in [0.1, 0.15) is 12.5 Å². The average Bonchev–Trinajstić information content (AvgIpc) is 3.15. The van der Waals surface area contributed by atoms with Crippen molar-refractivity contribution in [3.63, 3.8) is 0 Å². The fraction of sp³-hybridized carbons (Fsp3) is 0.167. The fourth-order valence-electron chi connectivity index (χ4n) is 2.29. The van der Waals surface area contributed by atoms with Crippen molar-refractivity contribution < 1.29 is 14.6 Å². The number of phenols is 1. The highest BCUT2D eigenvalue weighted by molar-refractivity contribution is 6.32. The first-order chi connectivity index (χ1) is 13.6. The zero-order valence-corrected chi connectivity index (χ0v) is 15.7. The third kappa shape index (κ3) is 4.83. The topological polar surface area (TPSA) is 115 Å². The summed E-state index contributed by atoms with van der Waals surface area (Å²) in [6.07, 6.45) is 1.38. The van der Waals surface area contributed by atoms with E-state index in [1.165, 1.54) is 17.1 Å². The highest BCUT2D eigenvalue weighted by Crippen LogP contribution is 2.34. The normalized spacial score (nSPS) is 10.9. The molecule has 0 aliphatic heterocycles. The molecule has 28 heavy (non-hydrogen) atoms. The van der Waals surface area contributed by atoms with Crippen LogP contribution in [-0.4, -0.2) is 44.0 Å². The van der Waals surface area contributed by atoms with Crippen LogP contribution >= 0.6 is 11.6 Å². The molecule has 0 spiro atoms. The van der Waals surface area contributed by atoms with Gasteiger partial charge in [0.2, 0.25) is 5.82 Å². The summed E-state index contributed by atoms with van der Waals surface area (Å²) in [5.74, 6) is 0.0986. The lowest BCUT2D eigenvalue weighted by Gasteiger charge is -2.08. The zero-order valence-electron chi connectivity index (χ0n) is 14.9. The van der Waals surface area contributed by atoms with Crippen molar-refractivity contribution >= 4 is 23.7 Å². The van der Waals surface area contributed by atoms with Crippen LogP contribution in [0.2, 0.25) is 5.02 Å². The molecule has 9 nitrogen and oxygen atoms in total. The summed E-state index contributed by atoms with van der Waals surface area (Å²) in [7, 11) is 0. The Morgan fingerprint density at radius 1 is 1.36 bits per heavy atom. The van der Waals surface area contributed by atoms with Crippen LogP contribution in [0.4, 0.5) is 0 Å². The number of rotatable bonds is 7. The zero-order chi connectivity index (χ0) is 19.9. The summed E-state index contributed by atoms with van der Waals surface area (Å²) in [5.41, 5.74) is 3.73. The van der Waals surface area contributed by atoms with Crippen LogP contribution < -0.4 is 10.2 Å². The minimum absolute atomic E-state index is 0.124. The molecule has 0 aliphatic rings. The van der Waals surface area contributed by atoms with Crippen molar-refractivity contribution in [2.45, 2.75) is 13.5 Å². The van der Waals surface area contributed by atoms with Crippen molar-refractivity contribution in [3.05, 3.63) is 53.1 Å². The van der Waals surface area contributed by atoms with E-state index in [2.05, 4.69) is 25.9 Å². The molecular weight excluding hydrogens is 384 g/mol. The number of carbonyl (C=O) groups is 1. The molecule has 1 amide bonds. The third-order valence-corrected chi connectivity index (χ3v) is 3.81. The first-order valence-electron chi connectivity index (χ1n) is 8.37. The number of nitrogens with zero attached hydrogens (tertiary/aromatic N) is 5. The number of aromatic hydroxyl groups is 1. The van der Waals surface area contributed by atoms with Crippen molar-refractivity contribution in [2.24, 2.45) is 5.10 Å². The van der Waals surface area contributed by atoms with Gasteiger partial charge in [-0.1, -0.05) is 41.9 Å². The number of aromatic nitrogens is 4. The predicted octanol–water partition coefficient (Wildman–Crippen LogP) is 2.25. The number of hydrogen-bond donors (Lipinski definition) is 2. The maximum atomic E-state index is 12.0. The summed E-state index contributed by atoms with van der Waals surface area (Å²) in [5, 5.41) is 25.7. The second kappa shape index (κ2) is 8.96. The molecule has 0 radical (unpaired) electrons. The number of carbonyl (C=O) groups excluding carboxylic acids is 1. The predicted molar refractivity (Wildman–Crippen MR) is 103 cm³/mol. The van der Waals surface area contributed by atoms with Crippen LogP contribution in [0.5, 0.6) is 11.5 Å². The quantitative estimate of drug-likeness (QED) is 0.464. The van der Waals surface area contributed by atoms with Gasteiger partial charge < -0.3 is 9.84 Å². The molecule has 1 aromatic heterocycles. The Kier molecular flexibility index (Phi) is 6.18. The Labute approximate surface area is 165 Å². The number of benzene rings is 2. The SMILES string of the molecule is CCOc1cc(/C=N\NC(=O)Cn2nnc(-c3ccccc3)n2)cc(Cl)c1O. The number of phenolic OH excluding ortho intramolecular Hbond substituents is 1. The summed E-state index contributed by atoms with van der Waals surface area (Å²) >= 11 is 5.95. The lowest BCUT2D eigenvalue weighted by Crippen LogP contribution is -2.24. The largest absolute Gasteiger partial charge is 0.503 e. The van der Waals surface area contributed by atoms with E-state index >= 15 is 0 Å². The van der Waals surface area contributed by atoms with Crippen molar-refractivity contribution in [2.75, 3.05) is 6.61 Å². The monoisotopic (exact) mass is 400 g/mol. The molecule has 0 unspecified atom stereocenters. The van der Waals surface area contributed by atoms with Gasteiger partial charge in [0.25, 0.3) is 5.91 Å². The molecule has 1 heterocycles. The molecule has 10 heteroatoms. The van der Waals surface area contributed by atoms with Crippen LogP contribution in [0.15, 0.2) is 47.6 Å². The smallest absolute Gasteiger partial charge is 0.263 e. The molecule has 0 saturated heterocycles. The Bertz CT molecular complexity index is 990. The van der Waals surface area contributed by atoms with Gasteiger partial charge in [0.05, 0.1) is 17.8 Å². The molecule has 0 fully saturated rings. The molecular formula is C18H17ClN6O3. The van der Waals surface area contributed by atoms with Gasteiger partial charge in [-0.2, -0.15) is 9.90 Å². The van der Waals surface area contributed by atoms with Gasteiger partial charge >= 0.3 is 0 Å². The van der Waals surface area contributed by atoms with Crippen LogP contribution in [0, 0.1) is 0 Å². The van der Waals surface area contributed by atoms with Crippen LogP contribution in [0.3, 0.4) is 0 Å². The van der Waals surface area contributed by atoms with Gasteiger partial charge in [0, 0.05) is 5.56 Å². The van der Waals surface area contributed by atoms with Crippen molar-refractivity contribution in [1.29, 1.82) is 0 Å². The van der Waals surface area contributed by atoms with Gasteiger partial charge in [0.1, 0.15) is 6.54 Å². The number of hydrogen-bond acceptors (Lipinski definition) is 7. The van der Waals surface area contributed by atoms with E-state index in [0.29, 0.717) is 18.0 Å². The molecule has 3 rings (SSSR count). The second-order valence-electron chi connectivity index (χ2n) is 5.59. The Balaban J connectivity index is 1.60. The number of halogens is 1. The average molecular weight is 401 g/mol. The number of amides is 1. The molecule has 0 aliphatic carbocycles. The van der Waals surface area contributed by atoms with Gasteiger partial charge in [-0.3, -0.25) is 4.79 Å². The maximum absolute atomic E-state index is 12.0. The third-order valence-electron chi connectivity index (χ3n) is 3.52. The summed E-state index contributed by atoms with van der Waals surface area (Å²) in [6, 6.07) is 12.4. The first kappa shape index (κ1) is 19.3. The number of tetrazole rings is 1. The molecule has 0 atom stereocenters. The van der Waals surface area contributed by atoms with Gasteiger partial charge in [-0.25, -0.2) is 5.43 Å². The van der Waals surface area contributed by atoms with Crippen molar-refractivity contribution in [3.8, 4) is 22.9 Å². The van der Waals surface area contributed by atoms with Crippen molar-refractivity contribution in [1.82, 2.24) is 25.6 Å². The molecule has 144 valence electrons. The lowest BCUT2D eigenvalue weighted by atomic mass is 10.2. The highest BCUT2D eigenvalue weighted by Gasteiger charge is 2.10. The number of hydrazone groups is 1. The van der Waals surface area contributed by atoms with E-state index in [-0.39, 0.29) is 23.1 Å². The summed E-state index contributed by atoms with van der Waals surface area (Å²) in [4.78, 5) is 13.2. The minimum atomic E-state index is -0.428. The Hall–Kier alpha value is -3.46. The van der Waals surface area contributed by atoms with E-state index in [0.717, 1.165) is 5.56 Å². The molecule has 2 aromatic carbocycles. The number of nitrogens with one attached hydrogen (secondary N) is 1. The summed E-state index contributed by atoms with van der Waals surface area (Å²) in [6.45, 7) is 2.02. The van der Waals surface area contributed by atoms with E-state index in [1.54, 1.807) is 13.0 Å². The highest BCUT2D eigenvalue weighted by atomic mass is 35.5. The summed E-state index contributed by atoms with van der Waals surface area (Å²) < 4.78 is 5.29. The van der Waals surface area contributed by atoms with Gasteiger partial charge in [0.15, 0.2) is 11.5 Å². The molecule has 0 saturated carbocycles. The first-order valence-corrected chi connectivity index (χ1v) is 8.75. The van der Waals surface area contributed by atoms with Crippen LogP contribution in [-0.2, 0) is 11.3 Å². The van der Waals surface area contributed by atoms with E-state index in [9.17, 15) is 9.90 Å². The Morgan fingerprint density at radius 2 is 2.14 bits per heavy atom. The van der Waals surface area contributed by atoms with Crippen LogP contribution in [0.25, 0.3) is 11.4 Å². The molecule has 2 N–H and O–H groups in total. The standard InChI is InChI=1S/C18H17ClN6O3/c1-2-28-15-9-12(8-14(19)17(15)27)10-20-21-16(26)11-25-23-18(22-24-25)13-6-4-3-5-7-13/h3-10,27H,2,11H2,1H3,(H,21,26)/b20-10-. The lowest BCUT2D eigenvalue weighted by molar-refractivity contribution is -0.122. The van der Waals surface area contributed by atoms with Gasteiger partial charge in [-0.15, -0.1) is 10.2 Å². The number of ether oxygens (including phenoxy) is 1.